The number of carboxylic acid groups (broad SMARTS) is 1. The fraction of sp³-hybridized carbons (Fsp3) is 0.146. The lowest BCUT2D eigenvalue weighted by molar-refractivity contribution is -0.432. The Hall–Kier alpha value is -6.53. The van der Waals surface area contributed by atoms with Gasteiger partial charge in [-0.15, -0.1) is 13.8 Å². The SMILES string of the molecule is Cc1cc(N=Nc2c(SOOO)cc3cc(N=Nc4ccc(NCOCCC(=O)O)cc4)ccc3c2O)c(C)cc1N=Nc1ccc(OCNc2ccc(SOOO)cc2)cc1. The average Bonchev–Trinajstić information content (AvgIpc) is 3.28. The van der Waals surface area contributed by atoms with Gasteiger partial charge in [0, 0.05) is 21.7 Å². The molecular formula is C41H38N8O11S2. The molecule has 62 heavy (non-hydrogen) atoms. The van der Waals surface area contributed by atoms with Crippen molar-refractivity contribution in [3.8, 4) is 11.5 Å². The van der Waals surface area contributed by atoms with Crippen LogP contribution in [0.4, 0.5) is 45.5 Å². The molecule has 6 N–H and O–H groups in total. The van der Waals surface area contributed by atoms with E-state index >= 15 is 0 Å². The number of fused-ring (bicyclic) bond motifs is 1. The van der Waals surface area contributed by atoms with E-state index in [0.717, 1.165) is 39.4 Å². The smallest absolute Gasteiger partial charge is 0.305 e. The Morgan fingerprint density at radius 3 is 1.87 bits per heavy atom. The second kappa shape index (κ2) is 22.9. The number of ether oxygens (including phenoxy) is 2. The lowest BCUT2D eigenvalue weighted by Crippen LogP contribution is -2.09. The van der Waals surface area contributed by atoms with Gasteiger partial charge < -0.3 is 30.3 Å². The number of carboxylic acids is 1. The summed E-state index contributed by atoms with van der Waals surface area (Å²) in [6.07, 6.45) is -0.0735. The standard InChI is InChI=1S/C41H38N8O11S2/c1-25-20-37(26(2)19-36(25)47-45-31-7-12-33(13-8-31)56-24-43-29-9-14-34(15-10-29)61-59-57-53)48-49-40-38(62-60-58-54)22-27-21-32(11-16-35(27)41(40)52)46-44-30-5-3-28(4-6-30)42-23-55-18-17-39(50)51/h3-16,19-22,42-43,52-54H,17-18,23-24H2,1-2H3,(H,50,51). The maximum absolute atomic E-state index is 11.4. The number of rotatable bonds is 22. The molecule has 0 atom stereocenters. The third-order valence-electron chi connectivity index (χ3n) is 8.59. The molecule has 0 heterocycles. The molecular weight excluding hydrogens is 845 g/mol. The van der Waals surface area contributed by atoms with Crippen LogP contribution in [0.25, 0.3) is 10.8 Å². The quantitative estimate of drug-likeness (QED) is 0.00926. The number of hydrogen-bond donors (Lipinski definition) is 6. The van der Waals surface area contributed by atoms with Gasteiger partial charge in [0.15, 0.2) is 12.5 Å². The minimum atomic E-state index is -0.923. The zero-order valence-corrected chi connectivity index (χ0v) is 34.5. The van der Waals surface area contributed by atoms with Crippen LogP contribution in [0, 0.1) is 13.8 Å². The van der Waals surface area contributed by atoms with Crippen LogP contribution < -0.4 is 15.4 Å². The first-order valence-corrected chi connectivity index (χ1v) is 19.8. The van der Waals surface area contributed by atoms with Crippen molar-refractivity contribution in [3.63, 3.8) is 0 Å². The van der Waals surface area contributed by atoms with Crippen LogP contribution in [0.3, 0.4) is 0 Å². The highest BCUT2D eigenvalue weighted by atomic mass is 32.2. The summed E-state index contributed by atoms with van der Waals surface area (Å²) in [4.78, 5) is 11.6. The number of nitrogens with zero attached hydrogens (tertiary/aromatic N) is 6. The zero-order valence-electron chi connectivity index (χ0n) is 32.9. The number of hydrogen-bond acceptors (Lipinski definition) is 20. The summed E-state index contributed by atoms with van der Waals surface area (Å²) < 4.78 is 20.2. The minimum absolute atomic E-state index is 0.0735. The molecule has 21 heteroatoms. The molecule has 0 saturated heterocycles. The maximum Gasteiger partial charge on any atom is 0.305 e. The van der Waals surface area contributed by atoms with Gasteiger partial charge in [0.25, 0.3) is 0 Å². The minimum Gasteiger partial charge on any atom is -0.505 e. The number of nitrogens with one attached hydrogen (secondary N) is 2. The van der Waals surface area contributed by atoms with Crippen LogP contribution >= 0.6 is 24.1 Å². The number of anilines is 2. The Bertz CT molecular complexity index is 2530. The highest BCUT2D eigenvalue weighted by molar-refractivity contribution is 7.94. The summed E-state index contributed by atoms with van der Waals surface area (Å²) in [5, 5.41) is 78.1. The first-order chi connectivity index (χ1) is 30.2. The molecule has 0 fully saturated rings. The summed E-state index contributed by atoms with van der Waals surface area (Å²) in [7, 11) is 0. The van der Waals surface area contributed by atoms with E-state index in [9.17, 15) is 9.90 Å². The second-order valence-corrected chi connectivity index (χ2v) is 14.4. The molecule has 19 nitrogen and oxygen atoms in total. The lowest BCUT2D eigenvalue weighted by atomic mass is 10.1. The third-order valence-corrected chi connectivity index (χ3v) is 9.80. The topological polar surface area (TPSA) is 252 Å². The number of aromatic hydroxyl groups is 1. The Kier molecular flexibility index (Phi) is 16.6. The maximum atomic E-state index is 11.4. The Labute approximate surface area is 362 Å². The van der Waals surface area contributed by atoms with Gasteiger partial charge in [-0.25, -0.2) is 10.5 Å². The molecule has 0 radical (unpaired) electrons. The van der Waals surface area contributed by atoms with Crippen LogP contribution in [-0.2, 0) is 28.3 Å². The van der Waals surface area contributed by atoms with Crippen molar-refractivity contribution in [2.45, 2.75) is 30.1 Å². The van der Waals surface area contributed by atoms with Crippen molar-refractivity contribution in [2.75, 3.05) is 30.7 Å². The van der Waals surface area contributed by atoms with Crippen molar-refractivity contribution in [2.24, 2.45) is 30.7 Å². The number of carbonyl (C=O) groups is 1. The van der Waals surface area contributed by atoms with Crippen molar-refractivity contribution < 1.29 is 53.7 Å². The van der Waals surface area contributed by atoms with E-state index in [4.69, 9.17) is 29.4 Å². The number of benzene rings is 6. The summed E-state index contributed by atoms with van der Waals surface area (Å²) in [5.41, 5.74) is 6.04. The van der Waals surface area contributed by atoms with Gasteiger partial charge in [0.2, 0.25) is 0 Å². The highest BCUT2D eigenvalue weighted by Crippen LogP contribution is 2.45. The van der Waals surface area contributed by atoms with E-state index in [1.165, 1.54) is 0 Å². The predicted molar refractivity (Wildman–Crippen MR) is 231 cm³/mol. The number of phenolic OH excluding ortho intramolecular Hbond substituents is 1. The van der Waals surface area contributed by atoms with Crippen LogP contribution in [-0.4, -0.2) is 46.8 Å². The molecule has 320 valence electrons. The number of aryl methyl sites for hydroxylation is 2. The molecule has 0 aliphatic carbocycles. The van der Waals surface area contributed by atoms with Gasteiger partial charge in [-0.05, 0) is 140 Å². The Morgan fingerprint density at radius 1 is 0.645 bits per heavy atom. The zero-order chi connectivity index (χ0) is 43.7. The van der Waals surface area contributed by atoms with E-state index in [0.29, 0.717) is 57.0 Å². The van der Waals surface area contributed by atoms with E-state index in [2.05, 4.69) is 55.7 Å². The normalized spacial score (nSPS) is 11.6. The number of azo groups is 3. The first kappa shape index (κ1) is 45.0. The van der Waals surface area contributed by atoms with Crippen LogP contribution in [0.15, 0.2) is 150 Å². The highest BCUT2D eigenvalue weighted by Gasteiger charge is 2.16. The Balaban J connectivity index is 1.08. The van der Waals surface area contributed by atoms with Gasteiger partial charge in [-0.3, -0.25) is 4.79 Å². The summed E-state index contributed by atoms with van der Waals surface area (Å²) >= 11 is 1.50. The van der Waals surface area contributed by atoms with Crippen LogP contribution in [0.2, 0.25) is 0 Å². The predicted octanol–water partition coefficient (Wildman–Crippen LogP) is 12.6. The van der Waals surface area contributed by atoms with E-state index < -0.39 is 5.97 Å². The molecule has 0 aliphatic heterocycles. The fourth-order valence-electron chi connectivity index (χ4n) is 5.45. The summed E-state index contributed by atoms with van der Waals surface area (Å²) in [6, 6.07) is 31.9. The molecule has 6 aromatic rings. The molecule has 0 amide bonds. The van der Waals surface area contributed by atoms with E-state index in [1.54, 1.807) is 91.0 Å². The fourth-order valence-corrected chi connectivity index (χ4v) is 6.30. The number of aliphatic carboxylic acids is 1. The van der Waals surface area contributed by atoms with Gasteiger partial charge in [0.05, 0.1) is 70.4 Å². The van der Waals surface area contributed by atoms with E-state index in [1.807, 2.05) is 32.0 Å². The monoisotopic (exact) mass is 882 g/mol. The van der Waals surface area contributed by atoms with Crippen molar-refractivity contribution in [1.29, 1.82) is 0 Å². The molecule has 0 aliphatic rings. The molecule has 0 aromatic heterocycles. The van der Waals surface area contributed by atoms with Crippen molar-refractivity contribution in [1.82, 2.24) is 0 Å². The number of phenols is 1. The molecule has 0 saturated carbocycles. The largest absolute Gasteiger partial charge is 0.505 e. The van der Waals surface area contributed by atoms with Gasteiger partial charge >= 0.3 is 5.97 Å². The molecule has 6 rings (SSSR count). The van der Waals surface area contributed by atoms with Crippen LogP contribution in [0.1, 0.15) is 17.5 Å². The lowest BCUT2D eigenvalue weighted by Gasteiger charge is -2.10. The third kappa shape index (κ3) is 13.2. The molecule has 0 bridgehead atoms. The molecule has 6 aromatic carbocycles. The summed E-state index contributed by atoms with van der Waals surface area (Å²) in [5.74, 6) is -0.476. The second-order valence-electron chi connectivity index (χ2n) is 12.9. The summed E-state index contributed by atoms with van der Waals surface area (Å²) in [6.45, 7) is 4.21. The van der Waals surface area contributed by atoms with Crippen molar-refractivity contribution in [3.05, 3.63) is 120 Å². The van der Waals surface area contributed by atoms with Crippen LogP contribution in [0.5, 0.6) is 11.5 Å². The van der Waals surface area contributed by atoms with Crippen molar-refractivity contribution >= 4 is 86.3 Å². The molecule has 0 unspecified atom stereocenters. The first-order valence-electron chi connectivity index (χ1n) is 18.3. The van der Waals surface area contributed by atoms with Gasteiger partial charge in [0.1, 0.15) is 18.2 Å². The van der Waals surface area contributed by atoms with E-state index in [-0.39, 0.29) is 42.8 Å². The van der Waals surface area contributed by atoms with Gasteiger partial charge in [-0.1, -0.05) is 10.1 Å². The van der Waals surface area contributed by atoms with Gasteiger partial charge in [-0.2, -0.15) is 25.6 Å². The molecule has 0 spiro atoms. The Morgan fingerprint density at radius 2 is 1.21 bits per heavy atom. The average molecular weight is 883 g/mol.